The monoisotopic (exact) mass is 377 g/mol. The number of benzene rings is 1. The molecule has 0 aliphatic rings. The van der Waals surface area contributed by atoms with Crippen molar-refractivity contribution in [3.8, 4) is 11.3 Å². The molecule has 2 aromatic heterocycles. The van der Waals surface area contributed by atoms with E-state index in [1.807, 2.05) is 30.3 Å². The van der Waals surface area contributed by atoms with Gasteiger partial charge in [-0.05, 0) is 19.9 Å². The molecule has 0 saturated heterocycles. The number of aromatic nitrogens is 2. The van der Waals surface area contributed by atoms with Gasteiger partial charge in [-0.1, -0.05) is 35.5 Å². The Bertz CT molecular complexity index is 952. The van der Waals surface area contributed by atoms with Crippen molar-refractivity contribution in [2.45, 2.75) is 26.4 Å². The van der Waals surface area contributed by atoms with Crippen LogP contribution in [0.5, 0.6) is 0 Å². The van der Waals surface area contributed by atoms with Crippen LogP contribution in [0.3, 0.4) is 0 Å². The largest absolute Gasteiger partial charge is 0.390 e. The first-order chi connectivity index (χ1) is 12.8. The van der Waals surface area contributed by atoms with E-state index in [4.69, 9.17) is 4.52 Å². The molecule has 0 aliphatic heterocycles. The van der Waals surface area contributed by atoms with Crippen molar-refractivity contribution in [2.75, 3.05) is 13.1 Å². The fraction of sp³-hybridized carbons (Fsp3) is 0.316. The van der Waals surface area contributed by atoms with Gasteiger partial charge in [-0.25, -0.2) is 4.98 Å². The number of carbonyl (C=O) groups is 1. The molecule has 1 aromatic carbocycles. The first-order valence-electron chi connectivity index (χ1n) is 8.48. The summed E-state index contributed by atoms with van der Waals surface area (Å²) in [5, 5.41) is 4.28. The summed E-state index contributed by atoms with van der Waals surface area (Å²) in [7, 11) is 0. The molecule has 1 amide bonds. The van der Waals surface area contributed by atoms with E-state index >= 15 is 0 Å². The molecule has 0 bridgehead atoms. The minimum absolute atomic E-state index is 0.156. The van der Waals surface area contributed by atoms with Crippen molar-refractivity contribution in [3.05, 3.63) is 47.7 Å². The molecule has 8 heteroatoms. The van der Waals surface area contributed by atoms with Crippen LogP contribution in [0.25, 0.3) is 22.4 Å². The van der Waals surface area contributed by atoms with Crippen molar-refractivity contribution >= 4 is 17.0 Å². The zero-order chi connectivity index (χ0) is 19.6. The number of rotatable bonds is 5. The Kier molecular flexibility index (Phi) is 5.16. The van der Waals surface area contributed by atoms with Gasteiger partial charge < -0.3 is 9.42 Å². The Balaban J connectivity index is 2.06. The molecule has 3 aromatic rings. The summed E-state index contributed by atoms with van der Waals surface area (Å²) >= 11 is 0. The van der Waals surface area contributed by atoms with Crippen LogP contribution in [-0.2, 0) is 0 Å². The molecule has 0 spiro atoms. The summed E-state index contributed by atoms with van der Waals surface area (Å²) < 4.78 is 43.0. The third-order valence-electron chi connectivity index (χ3n) is 4.25. The summed E-state index contributed by atoms with van der Waals surface area (Å²) in [5.41, 5.74) is 2.15. The number of nitrogens with zero attached hydrogens (tertiary/aromatic N) is 3. The van der Waals surface area contributed by atoms with Crippen LogP contribution in [0.15, 0.2) is 40.9 Å². The number of fused-ring (bicyclic) bond motifs is 1. The van der Waals surface area contributed by atoms with Crippen LogP contribution in [0.1, 0.15) is 29.4 Å². The summed E-state index contributed by atoms with van der Waals surface area (Å²) in [4.78, 5) is 18.6. The van der Waals surface area contributed by atoms with E-state index in [-0.39, 0.29) is 17.8 Å². The maximum absolute atomic E-state index is 13.0. The predicted octanol–water partition coefficient (Wildman–Crippen LogP) is 4.61. The molecule has 0 N–H and O–H groups in total. The average molecular weight is 377 g/mol. The van der Waals surface area contributed by atoms with Crippen molar-refractivity contribution in [3.63, 3.8) is 0 Å². The third kappa shape index (κ3) is 4.10. The van der Waals surface area contributed by atoms with Gasteiger partial charge in [0.15, 0.2) is 0 Å². The van der Waals surface area contributed by atoms with E-state index in [1.54, 1.807) is 19.9 Å². The van der Waals surface area contributed by atoms with E-state index in [9.17, 15) is 18.0 Å². The first kappa shape index (κ1) is 18.9. The van der Waals surface area contributed by atoms with E-state index < -0.39 is 25.0 Å². The van der Waals surface area contributed by atoms with Crippen molar-refractivity contribution in [1.82, 2.24) is 15.0 Å². The third-order valence-corrected chi connectivity index (χ3v) is 4.25. The summed E-state index contributed by atoms with van der Waals surface area (Å²) in [6.07, 6.45) is -5.39. The number of pyridine rings is 1. The van der Waals surface area contributed by atoms with Gasteiger partial charge in [0.05, 0.1) is 28.8 Å². The van der Waals surface area contributed by atoms with Gasteiger partial charge in [-0.3, -0.25) is 4.79 Å². The molecular formula is C19H18F3N3O2. The molecule has 142 valence electrons. The zero-order valence-corrected chi connectivity index (χ0v) is 14.9. The highest BCUT2D eigenvalue weighted by Crippen LogP contribution is 2.28. The Morgan fingerprint density at radius 3 is 2.56 bits per heavy atom. The average Bonchev–Trinajstić information content (AvgIpc) is 3.02. The van der Waals surface area contributed by atoms with E-state index in [0.29, 0.717) is 16.8 Å². The number of halogens is 3. The number of hydrogen-bond acceptors (Lipinski definition) is 4. The van der Waals surface area contributed by atoms with Gasteiger partial charge in [0, 0.05) is 18.7 Å². The van der Waals surface area contributed by atoms with E-state index in [2.05, 4.69) is 10.1 Å². The van der Waals surface area contributed by atoms with Gasteiger partial charge in [-0.2, -0.15) is 13.2 Å². The first-order valence-corrected chi connectivity index (χ1v) is 8.48. The lowest BCUT2D eigenvalue weighted by Crippen LogP contribution is -2.34. The molecule has 3 rings (SSSR count). The molecule has 27 heavy (non-hydrogen) atoms. The lowest BCUT2D eigenvalue weighted by Gasteiger charge is -2.22. The molecule has 0 fully saturated rings. The Morgan fingerprint density at radius 1 is 1.22 bits per heavy atom. The quantitative estimate of drug-likeness (QED) is 0.651. The SMILES string of the molecule is CCN(CCC(F)(F)F)C(=O)c1cc(-c2ccccc2)nc2onc(C)c12. The molecule has 0 saturated carbocycles. The highest BCUT2D eigenvalue weighted by molar-refractivity contribution is 6.07. The summed E-state index contributed by atoms with van der Waals surface area (Å²) in [6, 6.07) is 10.7. The minimum Gasteiger partial charge on any atom is -0.339 e. The predicted molar refractivity (Wildman–Crippen MR) is 94.2 cm³/mol. The number of aryl methyl sites for hydroxylation is 1. The second-order valence-corrected chi connectivity index (χ2v) is 6.12. The number of carbonyl (C=O) groups excluding carboxylic acids is 1. The van der Waals surface area contributed by atoms with Crippen LogP contribution in [0.2, 0.25) is 0 Å². The van der Waals surface area contributed by atoms with E-state index in [0.717, 1.165) is 5.56 Å². The zero-order valence-electron chi connectivity index (χ0n) is 14.9. The minimum atomic E-state index is -4.33. The topological polar surface area (TPSA) is 59.2 Å². The lowest BCUT2D eigenvalue weighted by molar-refractivity contribution is -0.136. The highest BCUT2D eigenvalue weighted by atomic mass is 19.4. The molecule has 5 nitrogen and oxygen atoms in total. The molecule has 0 aliphatic carbocycles. The molecular weight excluding hydrogens is 359 g/mol. The van der Waals surface area contributed by atoms with Crippen molar-refractivity contribution in [2.24, 2.45) is 0 Å². The van der Waals surface area contributed by atoms with Crippen LogP contribution in [-0.4, -0.2) is 40.2 Å². The van der Waals surface area contributed by atoms with Crippen LogP contribution < -0.4 is 0 Å². The second kappa shape index (κ2) is 7.38. The smallest absolute Gasteiger partial charge is 0.339 e. The van der Waals surface area contributed by atoms with Gasteiger partial charge >= 0.3 is 6.18 Å². The fourth-order valence-electron chi connectivity index (χ4n) is 2.86. The Morgan fingerprint density at radius 2 is 1.93 bits per heavy atom. The maximum atomic E-state index is 13.0. The maximum Gasteiger partial charge on any atom is 0.390 e. The summed E-state index contributed by atoms with van der Waals surface area (Å²) in [6.45, 7) is 3.06. The van der Waals surface area contributed by atoms with Crippen LogP contribution in [0.4, 0.5) is 13.2 Å². The van der Waals surface area contributed by atoms with Gasteiger partial charge in [0.25, 0.3) is 11.6 Å². The van der Waals surface area contributed by atoms with Gasteiger partial charge in [0.2, 0.25) is 0 Å². The van der Waals surface area contributed by atoms with Gasteiger partial charge in [-0.15, -0.1) is 0 Å². The van der Waals surface area contributed by atoms with Crippen LogP contribution >= 0.6 is 0 Å². The van der Waals surface area contributed by atoms with Crippen LogP contribution in [0, 0.1) is 6.92 Å². The fourth-order valence-corrected chi connectivity index (χ4v) is 2.86. The molecule has 0 radical (unpaired) electrons. The standard InChI is InChI=1S/C19H18F3N3O2/c1-3-25(10-9-19(20,21)22)18(26)14-11-15(13-7-5-4-6-8-13)23-17-16(14)12(2)24-27-17/h4-8,11H,3,9-10H2,1-2H3. The Hall–Kier alpha value is -2.90. The lowest BCUT2D eigenvalue weighted by atomic mass is 10.0. The normalized spacial score (nSPS) is 11.7. The number of hydrogen-bond donors (Lipinski definition) is 0. The number of alkyl halides is 3. The van der Waals surface area contributed by atoms with Crippen molar-refractivity contribution < 1.29 is 22.5 Å². The second-order valence-electron chi connectivity index (χ2n) is 6.12. The van der Waals surface area contributed by atoms with E-state index in [1.165, 1.54) is 4.90 Å². The highest BCUT2D eigenvalue weighted by Gasteiger charge is 2.30. The molecule has 2 heterocycles. The van der Waals surface area contributed by atoms with Crippen molar-refractivity contribution in [1.29, 1.82) is 0 Å². The Labute approximate surface area is 153 Å². The summed E-state index contributed by atoms with van der Waals surface area (Å²) in [5.74, 6) is -0.502. The molecule has 0 unspecified atom stereocenters. The molecule has 0 atom stereocenters. The van der Waals surface area contributed by atoms with Gasteiger partial charge in [0.1, 0.15) is 0 Å². The number of amides is 1.